The van der Waals surface area contributed by atoms with E-state index in [9.17, 15) is 4.79 Å². The van der Waals surface area contributed by atoms with Crippen molar-refractivity contribution in [1.29, 1.82) is 0 Å². The molecule has 0 saturated heterocycles. The molecule has 1 amide bonds. The maximum atomic E-state index is 12.2. The molecule has 6 heteroatoms. The third-order valence-electron chi connectivity index (χ3n) is 5.21. The predicted octanol–water partition coefficient (Wildman–Crippen LogP) is 5.59. The first kappa shape index (κ1) is 19.9. The minimum Gasteiger partial charge on any atom is -0.369 e. The average Bonchev–Trinajstić information content (AvgIpc) is 2.60. The molecule has 1 heterocycles. The molecule has 1 aliphatic rings. The topological polar surface area (TPSA) is 44.7 Å². The van der Waals surface area contributed by atoms with Crippen molar-refractivity contribution in [3.05, 3.63) is 62.6 Å². The molecule has 2 aromatic carbocycles. The second-order valence-electron chi connectivity index (χ2n) is 7.62. The smallest absolute Gasteiger partial charge is 0.271 e. The van der Waals surface area contributed by atoms with Crippen molar-refractivity contribution in [1.82, 2.24) is 5.43 Å². The number of hydrogen-bond acceptors (Lipinski definition) is 3. The second kappa shape index (κ2) is 7.64. The van der Waals surface area contributed by atoms with Gasteiger partial charge in [-0.3, -0.25) is 4.79 Å². The lowest BCUT2D eigenvalue weighted by atomic mass is 9.80. The van der Waals surface area contributed by atoms with Gasteiger partial charge >= 0.3 is 0 Å². The summed E-state index contributed by atoms with van der Waals surface area (Å²) in [6.07, 6.45) is 2.67. The Hall–Kier alpha value is -1.85. The molecule has 3 rings (SSSR count). The molecule has 0 aromatic heterocycles. The molecule has 27 heavy (non-hydrogen) atoms. The van der Waals surface area contributed by atoms with Crippen LogP contribution in [0.3, 0.4) is 0 Å². The van der Waals surface area contributed by atoms with E-state index >= 15 is 0 Å². The number of carbonyl (C=O) groups excluding carboxylic acids is 1. The van der Waals surface area contributed by atoms with Crippen molar-refractivity contribution in [2.24, 2.45) is 5.10 Å². The van der Waals surface area contributed by atoms with E-state index in [0.717, 1.165) is 22.1 Å². The van der Waals surface area contributed by atoms with Gasteiger partial charge in [0, 0.05) is 33.9 Å². The second-order valence-corrected chi connectivity index (χ2v) is 8.94. The Kier molecular flexibility index (Phi) is 5.63. The Morgan fingerprint density at radius 3 is 2.81 bits per heavy atom. The molecule has 0 bridgehead atoms. The number of hydrogen-bond donors (Lipinski definition) is 1. The Morgan fingerprint density at radius 1 is 1.37 bits per heavy atom. The Labute approximate surface area is 173 Å². The van der Waals surface area contributed by atoms with Crippen molar-refractivity contribution >= 4 is 45.3 Å². The van der Waals surface area contributed by atoms with E-state index in [2.05, 4.69) is 65.2 Å². The van der Waals surface area contributed by atoms with Gasteiger partial charge in [-0.25, -0.2) is 5.43 Å². The van der Waals surface area contributed by atoms with Gasteiger partial charge < -0.3 is 4.90 Å². The molecule has 142 valence electrons. The van der Waals surface area contributed by atoms with E-state index in [1.165, 1.54) is 5.56 Å². The van der Waals surface area contributed by atoms with Crippen LogP contribution < -0.4 is 10.3 Å². The van der Waals surface area contributed by atoms with Gasteiger partial charge in [-0.05, 0) is 62.1 Å². The van der Waals surface area contributed by atoms with Crippen LogP contribution in [0.15, 0.2) is 46.0 Å². The number of hydrazone groups is 1. The minimum atomic E-state index is -0.267. The van der Waals surface area contributed by atoms with Gasteiger partial charge in [0.2, 0.25) is 0 Å². The summed E-state index contributed by atoms with van der Waals surface area (Å²) in [5.74, 6) is 0.156. The first-order chi connectivity index (χ1) is 12.7. The van der Waals surface area contributed by atoms with Crippen LogP contribution in [0.4, 0.5) is 5.69 Å². The molecule has 0 fully saturated rings. The average molecular weight is 449 g/mol. The van der Waals surface area contributed by atoms with Gasteiger partial charge in [0.15, 0.2) is 0 Å². The normalized spacial score (nSPS) is 18.4. The molecular weight excluding hydrogens is 426 g/mol. The molecule has 0 spiro atoms. The standard InChI is InChI=1S/C21H23BrClN3O/c1-13-11-21(2,3)26(4)19-10-18(23)15(9-17(13)19)12-24-25-20(27)14-6-5-7-16(22)8-14/h5-10,12-13H,11H2,1-4H3,(H,25,27)/b24-12-. The van der Waals surface area contributed by atoms with Crippen LogP contribution in [0, 0.1) is 0 Å². The Bertz CT molecular complexity index is 910. The lowest BCUT2D eigenvalue weighted by Crippen LogP contribution is -2.45. The fourth-order valence-electron chi connectivity index (χ4n) is 3.56. The first-order valence-electron chi connectivity index (χ1n) is 8.85. The van der Waals surface area contributed by atoms with Crippen LogP contribution >= 0.6 is 27.5 Å². The van der Waals surface area contributed by atoms with Gasteiger partial charge in [-0.15, -0.1) is 0 Å². The summed E-state index contributed by atoms with van der Waals surface area (Å²) in [6, 6.07) is 11.2. The number of fused-ring (bicyclic) bond motifs is 1. The number of anilines is 1. The number of carbonyl (C=O) groups is 1. The number of benzene rings is 2. The zero-order valence-electron chi connectivity index (χ0n) is 15.9. The van der Waals surface area contributed by atoms with E-state index in [4.69, 9.17) is 11.6 Å². The largest absolute Gasteiger partial charge is 0.369 e. The van der Waals surface area contributed by atoms with Crippen LogP contribution in [0.2, 0.25) is 5.02 Å². The summed E-state index contributed by atoms with van der Waals surface area (Å²) in [5.41, 5.74) is 6.38. The van der Waals surface area contributed by atoms with Crippen molar-refractivity contribution in [3.63, 3.8) is 0 Å². The molecule has 1 N–H and O–H groups in total. The van der Waals surface area contributed by atoms with Crippen molar-refractivity contribution < 1.29 is 4.79 Å². The molecule has 1 aliphatic heterocycles. The summed E-state index contributed by atoms with van der Waals surface area (Å²) in [7, 11) is 2.10. The summed E-state index contributed by atoms with van der Waals surface area (Å²) < 4.78 is 0.845. The van der Waals surface area contributed by atoms with Crippen molar-refractivity contribution in [2.45, 2.75) is 38.6 Å². The van der Waals surface area contributed by atoms with Crippen LogP contribution in [0.25, 0.3) is 0 Å². The number of amides is 1. The highest BCUT2D eigenvalue weighted by atomic mass is 79.9. The summed E-state index contributed by atoms with van der Waals surface area (Å²) in [5, 5.41) is 4.71. The Balaban J connectivity index is 1.81. The lowest BCUT2D eigenvalue weighted by Gasteiger charge is -2.45. The van der Waals surface area contributed by atoms with Crippen LogP contribution in [-0.4, -0.2) is 24.7 Å². The molecule has 0 aliphatic carbocycles. The van der Waals surface area contributed by atoms with Gasteiger partial charge in [0.25, 0.3) is 5.91 Å². The summed E-state index contributed by atoms with van der Waals surface area (Å²) in [6.45, 7) is 6.72. The fraction of sp³-hybridized carbons (Fsp3) is 0.333. The molecule has 1 unspecified atom stereocenters. The molecule has 0 radical (unpaired) electrons. The molecular formula is C21H23BrClN3O. The maximum absolute atomic E-state index is 12.2. The number of rotatable bonds is 3. The third kappa shape index (κ3) is 4.19. The van der Waals surface area contributed by atoms with Crippen LogP contribution in [0.1, 0.15) is 54.6 Å². The SMILES string of the molecule is CC1CC(C)(C)N(C)c2cc(Cl)c(/C=N\NC(=O)c3cccc(Br)c3)cc21. The number of nitrogens with one attached hydrogen (secondary N) is 1. The zero-order valence-corrected chi connectivity index (χ0v) is 18.2. The van der Waals surface area contributed by atoms with Crippen molar-refractivity contribution in [2.75, 3.05) is 11.9 Å². The fourth-order valence-corrected chi connectivity index (χ4v) is 4.16. The third-order valence-corrected chi connectivity index (χ3v) is 6.03. The Morgan fingerprint density at radius 2 is 2.11 bits per heavy atom. The molecule has 1 atom stereocenters. The predicted molar refractivity (Wildman–Crippen MR) is 116 cm³/mol. The molecule has 4 nitrogen and oxygen atoms in total. The van der Waals surface area contributed by atoms with E-state index in [0.29, 0.717) is 16.5 Å². The highest BCUT2D eigenvalue weighted by Gasteiger charge is 2.34. The quantitative estimate of drug-likeness (QED) is 0.491. The maximum Gasteiger partial charge on any atom is 0.271 e. The summed E-state index contributed by atoms with van der Waals surface area (Å²) in [4.78, 5) is 14.5. The van der Waals surface area contributed by atoms with Gasteiger partial charge in [-0.1, -0.05) is 40.5 Å². The number of nitrogens with zero attached hydrogens (tertiary/aromatic N) is 2. The van der Waals surface area contributed by atoms with E-state index in [1.54, 1.807) is 18.3 Å². The number of halogens is 2. The van der Waals surface area contributed by atoms with Crippen LogP contribution in [-0.2, 0) is 0 Å². The summed E-state index contributed by atoms with van der Waals surface area (Å²) >= 11 is 9.84. The molecule has 2 aromatic rings. The van der Waals surface area contributed by atoms with Gasteiger partial charge in [0.05, 0.1) is 11.2 Å². The zero-order chi connectivity index (χ0) is 19.8. The van der Waals surface area contributed by atoms with E-state index in [1.807, 2.05) is 18.2 Å². The van der Waals surface area contributed by atoms with E-state index in [-0.39, 0.29) is 11.4 Å². The van der Waals surface area contributed by atoms with E-state index < -0.39 is 0 Å². The van der Waals surface area contributed by atoms with Gasteiger partial charge in [-0.2, -0.15) is 5.10 Å². The van der Waals surface area contributed by atoms with Crippen LogP contribution in [0.5, 0.6) is 0 Å². The highest BCUT2D eigenvalue weighted by molar-refractivity contribution is 9.10. The minimum absolute atomic E-state index is 0.0866. The monoisotopic (exact) mass is 447 g/mol. The first-order valence-corrected chi connectivity index (χ1v) is 10.0. The highest BCUT2D eigenvalue weighted by Crippen LogP contribution is 2.44. The van der Waals surface area contributed by atoms with Gasteiger partial charge in [0.1, 0.15) is 0 Å². The lowest BCUT2D eigenvalue weighted by molar-refractivity contribution is 0.0955. The molecule has 0 saturated carbocycles. The van der Waals surface area contributed by atoms with Crippen molar-refractivity contribution in [3.8, 4) is 0 Å².